The lowest BCUT2D eigenvalue weighted by Gasteiger charge is -2.36. The van der Waals surface area contributed by atoms with Crippen LogP contribution in [0.1, 0.15) is 24.5 Å². The predicted molar refractivity (Wildman–Crippen MR) is 102 cm³/mol. The second kappa shape index (κ2) is 9.17. The minimum absolute atomic E-state index is 0.0739. The molecule has 1 fully saturated rings. The largest absolute Gasteiger partial charge is 0.459 e. The van der Waals surface area contributed by atoms with Crippen LogP contribution in [0.15, 0.2) is 60.7 Å². The summed E-state index contributed by atoms with van der Waals surface area (Å²) in [6.45, 7) is 1.81. The predicted octanol–water partition coefficient (Wildman–Crippen LogP) is 3.35. The number of hydrogen-bond donors (Lipinski definition) is 0. The van der Waals surface area contributed by atoms with Crippen molar-refractivity contribution >= 4 is 17.8 Å². The highest BCUT2D eigenvalue weighted by Gasteiger charge is 2.42. The number of Topliss-reactive ketones (excluding diaryl/α,β-unsaturated/α-hetero) is 1. The average Bonchev–Trinajstić information content (AvgIpc) is 2.71. The van der Waals surface area contributed by atoms with Crippen LogP contribution in [-0.2, 0) is 32.3 Å². The number of esters is 1. The van der Waals surface area contributed by atoms with Crippen LogP contribution < -0.4 is 0 Å². The second-order valence-corrected chi connectivity index (χ2v) is 6.93. The Morgan fingerprint density at radius 1 is 0.929 bits per heavy atom. The van der Waals surface area contributed by atoms with E-state index < -0.39 is 18.1 Å². The third kappa shape index (κ3) is 4.97. The fourth-order valence-electron chi connectivity index (χ4n) is 3.28. The molecule has 6 nitrogen and oxygen atoms in total. The van der Waals surface area contributed by atoms with Crippen molar-refractivity contribution in [3.63, 3.8) is 0 Å². The molecule has 2 atom stereocenters. The molecule has 0 N–H and O–H groups in total. The molecule has 0 aromatic heterocycles. The molecule has 2 aromatic carbocycles. The fourth-order valence-corrected chi connectivity index (χ4v) is 3.28. The molecule has 28 heavy (non-hydrogen) atoms. The molecular formula is C22H23NO5. The van der Waals surface area contributed by atoms with Crippen LogP contribution in [0.25, 0.3) is 0 Å². The lowest BCUT2D eigenvalue weighted by atomic mass is 9.90. The quantitative estimate of drug-likeness (QED) is 0.743. The summed E-state index contributed by atoms with van der Waals surface area (Å²) in [5, 5.41) is 0. The fraction of sp³-hybridized carbons (Fsp3) is 0.318. The lowest BCUT2D eigenvalue weighted by molar-refractivity contribution is -0.155. The van der Waals surface area contributed by atoms with Gasteiger partial charge in [0.2, 0.25) is 0 Å². The molecule has 1 aliphatic rings. The minimum atomic E-state index is -0.843. The number of hydrogen-bond acceptors (Lipinski definition) is 5. The van der Waals surface area contributed by atoms with Crippen LogP contribution in [0, 0.1) is 5.92 Å². The standard InChI is InChI=1S/C22H23NO5/c1-16-12-19(24)13-23(22(26)28-15-18-10-6-3-7-11-18)20(16)21(25)27-14-17-8-4-2-5-9-17/h2-11,16,20H,12-15H2,1H3/t16-,20-/m0/s1. The zero-order valence-corrected chi connectivity index (χ0v) is 15.7. The molecule has 1 saturated heterocycles. The first-order valence-corrected chi connectivity index (χ1v) is 9.24. The monoisotopic (exact) mass is 381 g/mol. The number of ketones is 1. The van der Waals surface area contributed by atoms with E-state index in [4.69, 9.17) is 9.47 Å². The maximum atomic E-state index is 12.7. The van der Waals surface area contributed by atoms with Crippen molar-refractivity contribution in [1.29, 1.82) is 0 Å². The average molecular weight is 381 g/mol. The van der Waals surface area contributed by atoms with Gasteiger partial charge in [-0.15, -0.1) is 0 Å². The molecule has 0 unspecified atom stereocenters. The second-order valence-electron chi connectivity index (χ2n) is 6.93. The van der Waals surface area contributed by atoms with Crippen molar-refractivity contribution in [2.75, 3.05) is 6.54 Å². The zero-order valence-electron chi connectivity index (χ0n) is 15.7. The van der Waals surface area contributed by atoms with Gasteiger partial charge in [-0.1, -0.05) is 67.6 Å². The molecule has 6 heteroatoms. The van der Waals surface area contributed by atoms with Gasteiger partial charge >= 0.3 is 12.1 Å². The van der Waals surface area contributed by atoms with Gasteiger partial charge < -0.3 is 9.47 Å². The first kappa shape index (κ1) is 19.6. The summed E-state index contributed by atoms with van der Waals surface area (Å²) in [6.07, 6.45) is -0.460. The Kier molecular flexibility index (Phi) is 6.42. The first-order chi connectivity index (χ1) is 13.5. The maximum Gasteiger partial charge on any atom is 0.411 e. The Balaban J connectivity index is 1.66. The van der Waals surface area contributed by atoms with E-state index in [0.29, 0.717) is 0 Å². The van der Waals surface area contributed by atoms with E-state index in [1.165, 1.54) is 4.90 Å². The summed E-state index contributed by atoms with van der Waals surface area (Å²) in [4.78, 5) is 38.5. The number of nitrogens with zero attached hydrogens (tertiary/aromatic N) is 1. The van der Waals surface area contributed by atoms with Crippen LogP contribution in [0.5, 0.6) is 0 Å². The van der Waals surface area contributed by atoms with Gasteiger partial charge in [-0.3, -0.25) is 9.69 Å². The van der Waals surface area contributed by atoms with E-state index in [1.54, 1.807) is 6.92 Å². The van der Waals surface area contributed by atoms with Crippen molar-refractivity contribution < 1.29 is 23.9 Å². The smallest absolute Gasteiger partial charge is 0.411 e. The van der Waals surface area contributed by atoms with Crippen molar-refractivity contribution in [3.8, 4) is 0 Å². The number of rotatable bonds is 5. The van der Waals surface area contributed by atoms with Gasteiger partial charge in [-0.05, 0) is 17.0 Å². The van der Waals surface area contributed by atoms with Crippen molar-refractivity contribution in [1.82, 2.24) is 4.90 Å². The molecular weight excluding hydrogens is 358 g/mol. The van der Waals surface area contributed by atoms with Crippen molar-refractivity contribution in [2.45, 2.75) is 32.6 Å². The van der Waals surface area contributed by atoms with Gasteiger partial charge in [0.15, 0.2) is 5.78 Å². The van der Waals surface area contributed by atoms with E-state index >= 15 is 0 Å². The van der Waals surface area contributed by atoms with Gasteiger partial charge in [0.1, 0.15) is 19.3 Å². The summed E-state index contributed by atoms with van der Waals surface area (Å²) < 4.78 is 10.8. The van der Waals surface area contributed by atoms with Gasteiger partial charge in [0.05, 0.1) is 6.54 Å². The number of carbonyl (C=O) groups is 3. The van der Waals surface area contributed by atoms with E-state index in [0.717, 1.165) is 11.1 Å². The number of piperidine rings is 1. The van der Waals surface area contributed by atoms with E-state index in [-0.39, 0.29) is 37.9 Å². The normalized spacial score (nSPS) is 19.2. The molecule has 0 saturated carbocycles. The number of ether oxygens (including phenoxy) is 2. The SMILES string of the molecule is C[C@H]1CC(=O)CN(C(=O)OCc2ccccc2)[C@@H]1C(=O)OCc1ccccc1. The summed E-state index contributed by atoms with van der Waals surface area (Å²) in [6, 6.07) is 17.7. The minimum Gasteiger partial charge on any atom is -0.459 e. The van der Waals surface area contributed by atoms with E-state index in [1.807, 2.05) is 60.7 Å². The summed E-state index contributed by atoms with van der Waals surface area (Å²) in [7, 11) is 0. The summed E-state index contributed by atoms with van der Waals surface area (Å²) in [5.74, 6) is -0.967. The molecule has 0 radical (unpaired) electrons. The number of likely N-dealkylation sites (tertiary alicyclic amines) is 1. The maximum absolute atomic E-state index is 12.7. The Hall–Kier alpha value is -3.15. The van der Waals surface area contributed by atoms with Crippen LogP contribution in [0.4, 0.5) is 4.79 Å². The zero-order chi connectivity index (χ0) is 19.9. The number of benzene rings is 2. The highest BCUT2D eigenvalue weighted by molar-refractivity contribution is 5.91. The van der Waals surface area contributed by atoms with Gasteiger partial charge in [-0.25, -0.2) is 9.59 Å². The topological polar surface area (TPSA) is 72.9 Å². The number of carbonyl (C=O) groups excluding carboxylic acids is 3. The summed E-state index contributed by atoms with van der Waals surface area (Å²) >= 11 is 0. The molecule has 1 amide bonds. The highest BCUT2D eigenvalue weighted by atomic mass is 16.6. The number of amides is 1. The molecule has 0 aliphatic carbocycles. The molecule has 0 spiro atoms. The van der Waals surface area contributed by atoms with Crippen LogP contribution >= 0.6 is 0 Å². The summed E-state index contributed by atoms with van der Waals surface area (Å²) in [5.41, 5.74) is 1.68. The van der Waals surface area contributed by atoms with Crippen molar-refractivity contribution in [2.24, 2.45) is 5.92 Å². The van der Waals surface area contributed by atoms with Crippen LogP contribution in [-0.4, -0.2) is 35.3 Å². The third-order valence-corrected chi connectivity index (χ3v) is 4.68. The third-order valence-electron chi connectivity index (χ3n) is 4.68. The van der Waals surface area contributed by atoms with Gasteiger partial charge in [-0.2, -0.15) is 0 Å². The molecule has 0 bridgehead atoms. The first-order valence-electron chi connectivity index (χ1n) is 9.24. The highest BCUT2D eigenvalue weighted by Crippen LogP contribution is 2.24. The molecule has 2 aromatic rings. The van der Waals surface area contributed by atoms with Crippen molar-refractivity contribution in [3.05, 3.63) is 71.8 Å². The lowest BCUT2D eigenvalue weighted by Crippen LogP contribution is -2.55. The molecule has 146 valence electrons. The Bertz CT molecular complexity index is 821. The van der Waals surface area contributed by atoms with Gasteiger partial charge in [0, 0.05) is 6.42 Å². The van der Waals surface area contributed by atoms with Gasteiger partial charge in [0.25, 0.3) is 0 Å². The molecule has 1 heterocycles. The van der Waals surface area contributed by atoms with E-state index in [9.17, 15) is 14.4 Å². The van der Waals surface area contributed by atoms with E-state index in [2.05, 4.69) is 0 Å². The molecule has 3 rings (SSSR count). The van der Waals surface area contributed by atoms with Crippen LogP contribution in [0.3, 0.4) is 0 Å². The Morgan fingerprint density at radius 3 is 2.04 bits per heavy atom. The molecule has 1 aliphatic heterocycles. The Morgan fingerprint density at radius 2 is 1.46 bits per heavy atom. The van der Waals surface area contributed by atoms with Crippen LogP contribution in [0.2, 0.25) is 0 Å². The Labute approximate surface area is 164 Å².